The molecule has 0 bridgehead atoms. The number of nitrogens with one attached hydrogen (secondary N) is 1. The van der Waals surface area contributed by atoms with Crippen LogP contribution in [-0.4, -0.2) is 28.9 Å². The lowest BCUT2D eigenvalue weighted by atomic mass is 10.2. The third kappa shape index (κ3) is 2.78. The molecule has 2 aromatic rings. The van der Waals surface area contributed by atoms with E-state index in [-0.39, 0.29) is 0 Å². The number of benzene rings is 1. The molecule has 0 atom stereocenters. The highest BCUT2D eigenvalue weighted by molar-refractivity contribution is 7.71. The van der Waals surface area contributed by atoms with E-state index >= 15 is 0 Å². The molecule has 0 fully saturated rings. The van der Waals surface area contributed by atoms with Gasteiger partial charge in [-0.2, -0.15) is 0 Å². The minimum Gasteiger partial charge on any atom is -0.496 e. The third-order valence-corrected chi connectivity index (χ3v) is 3.31. The number of hydrogen-bond donors (Lipinski definition) is 1. The van der Waals surface area contributed by atoms with E-state index in [1.165, 1.54) is 0 Å². The Hall–Kier alpha value is -1.82. The number of methoxy groups -OCH3 is 1. The van der Waals surface area contributed by atoms with Crippen LogP contribution in [-0.2, 0) is 13.1 Å². The molecule has 2 rings (SSSR count). The van der Waals surface area contributed by atoms with Crippen LogP contribution < -0.4 is 9.64 Å². The van der Waals surface area contributed by atoms with Gasteiger partial charge in [-0.3, -0.25) is 4.57 Å². The molecule has 0 aliphatic carbocycles. The lowest BCUT2D eigenvalue weighted by molar-refractivity contribution is 0.409. The molecule has 0 aliphatic heterocycles. The zero-order chi connectivity index (χ0) is 13.8. The number of hydrogen-bond acceptors (Lipinski definition) is 4. The second-order valence-corrected chi connectivity index (χ2v) is 4.63. The van der Waals surface area contributed by atoms with Crippen LogP contribution in [0, 0.1) is 4.77 Å². The van der Waals surface area contributed by atoms with Crippen molar-refractivity contribution in [2.45, 2.75) is 20.0 Å². The second-order valence-electron chi connectivity index (χ2n) is 4.24. The van der Waals surface area contributed by atoms with Gasteiger partial charge in [0.05, 0.1) is 7.11 Å². The molecular formula is C13H18N4OS. The minimum atomic E-state index is 0.643. The van der Waals surface area contributed by atoms with Gasteiger partial charge in [0, 0.05) is 25.7 Å². The fraction of sp³-hybridized carbons (Fsp3) is 0.385. The SMILES string of the molecule is CCn1c(N(C)Cc2ccccc2OC)n[nH]c1=S. The summed E-state index contributed by atoms with van der Waals surface area (Å²) in [6, 6.07) is 7.97. The molecule has 1 heterocycles. The number of nitrogens with zero attached hydrogens (tertiary/aromatic N) is 3. The first kappa shape index (κ1) is 13.6. The number of rotatable bonds is 5. The van der Waals surface area contributed by atoms with Crippen LogP contribution in [0.25, 0.3) is 0 Å². The number of H-pyrrole nitrogens is 1. The minimum absolute atomic E-state index is 0.643. The number of para-hydroxylation sites is 1. The van der Waals surface area contributed by atoms with Gasteiger partial charge in [0.1, 0.15) is 5.75 Å². The molecule has 0 saturated heterocycles. The molecule has 0 amide bonds. The van der Waals surface area contributed by atoms with Crippen molar-refractivity contribution < 1.29 is 4.74 Å². The average Bonchev–Trinajstić information content (AvgIpc) is 2.80. The van der Waals surface area contributed by atoms with Gasteiger partial charge >= 0.3 is 0 Å². The van der Waals surface area contributed by atoms with E-state index in [4.69, 9.17) is 17.0 Å². The molecule has 0 unspecified atom stereocenters. The smallest absolute Gasteiger partial charge is 0.225 e. The van der Waals surface area contributed by atoms with E-state index in [2.05, 4.69) is 10.2 Å². The van der Waals surface area contributed by atoms with Crippen molar-refractivity contribution in [3.63, 3.8) is 0 Å². The molecule has 1 aromatic heterocycles. The molecular weight excluding hydrogens is 260 g/mol. The molecule has 1 N–H and O–H groups in total. The number of aromatic amines is 1. The molecule has 0 radical (unpaired) electrons. The van der Waals surface area contributed by atoms with Gasteiger partial charge in [0.15, 0.2) is 4.77 Å². The zero-order valence-corrected chi connectivity index (χ0v) is 12.2. The van der Waals surface area contributed by atoms with Gasteiger partial charge in [0.25, 0.3) is 0 Å². The van der Waals surface area contributed by atoms with Crippen LogP contribution in [0.3, 0.4) is 0 Å². The Morgan fingerprint density at radius 2 is 2.16 bits per heavy atom. The predicted octanol–water partition coefficient (Wildman–Crippen LogP) is 2.61. The van der Waals surface area contributed by atoms with E-state index in [1.807, 2.05) is 47.7 Å². The maximum absolute atomic E-state index is 5.36. The highest BCUT2D eigenvalue weighted by atomic mass is 32.1. The van der Waals surface area contributed by atoms with Gasteiger partial charge in [0.2, 0.25) is 5.95 Å². The third-order valence-electron chi connectivity index (χ3n) is 3.00. The lowest BCUT2D eigenvalue weighted by Crippen LogP contribution is -2.21. The van der Waals surface area contributed by atoms with Crippen molar-refractivity contribution in [3.05, 3.63) is 34.6 Å². The summed E-state index contributed by atoms with van der Waals surface area (Å²) in [6.45, 7) is 3.55. The summed E-state index contributed by atoms with van der Waals surface area (Å²) in [5, 5.41) is 7.10. The van der Waals surface area contributed by atoms with Crippen molar-refractivity contribution in [2.24, 2.45) is 0 Å². The largest absolute Gasteiger partial charge is 0.496 e. The molecule has 102 valence electrons. The Labute approximate surface area is 117 Å². The van der Waals surface area contributed by atoms with Crippen LogP contribution in [0.15, 0.2) is 24.3 Å². The molecule has 1 aromatic carbocycles. The van der Waals surface area contributed by atoms with E-state index in [0.717, 1.165) is 23.8 Å². The lowest BCUT2D eigenvalue weighted by Gasteiger charge is -2.19. The molecule has 6 heteroatoms. The Morgan fingerprint density at radius 1 is 1.42 bits per heavy atom. The van der Waals surface area contributed by atoms with E-state index in [0.29, 0.717) is 11.3 Å². The van der Waals surface area contributed by atoms with Crippen LogP contribution in [0.2, 0.25) is 0 Å². The van der Waals surface area contributed by atoms with Gasteiger partial charge in [-0.25, -0.2) is 5.10 Å². The topological polar surface area (TPSA) is 46.1 Å². The van der Waals surface area contributed by atoms with Gasteiger partial charge in [-0.15, -0.1) is 5.10 Å². The van der Waals surface area contributed by atoms with Crippen molar-refractivity contribution in [2.75, 3.05) is 19.1 Å². The highest BCUT2D eigenvalue weighted by Crippen LogP contribution is 2.21. The normalized spacial score (nSPS) is 10.5. The molecule has 19 heavy (non-hydrogen) atoms. The summed E-state index contributed by atoms with van der Waals surface area (Å²) >= 11 is 5.20. The standard InChI is InChI=1S/C13H18N4OS/c1-4-17-12(14-15-13(17)19)16(2)9-10-7-5-6-8-11(10)18-3/h5-8H,4,9H2,1-3H3,(H,15,19). The van der Waals surface area contributed by atoms with Crippen LogP contribution in [0.1, 0.15) is 12.5 Å². The van der Waals surface area contributed by atoms with Crippen molar-refractivity contribution in [1.82, 2.24) is 14.8 Å². The molecule has 0 aliphatic rings. The fourth-order valence-electron chi connectivity index (χ4n) is 2.05. The second kappa shape index (κ2) is 5.88. The Morgan fingerprint density at radius 3 is 2.84 bits per heavy atom. The van der Waals surface area contributed by atoms with E-state index in [1.54, 1.807) is 7.11 Å². The number of anilines is 1. The molecule has 0 saturated carbocycles. The monoisotopic (exact) mass is 278 g/mol. The maximum atomic E-state index is 5.36. The summed E-state index contributed by atoms with van der Waals surface area (Å²) in [6.07, 6.45) is 0. The summed E-state index contributed by atoms with van der Waals surface area (Å²) in [5.74, 6) is 1.71. The molecule has 0 spiro atoms. The zero-order valence-electron chi connectivity index (χ0n) is 11.4. The van der Waals surface area contributed by atoms with Crippen LogP contribution in [0.4, 0.5) is 5.95 Å². The summed E-state index contributed by atoms with van der Waals surface area (Å²) < 4.78 is 7.97. The maximum Gasteiger partial charge on any atom is 0.225 e. The fourth-order valence-corrected chi connectivity index (χ4v) is 2.30. The van der Waals surface area contributed by atoms with Crippen molar-refractivity contribution in [1.29, 1.82) is 0 Å². The average molecular weight is 278 g/mol. The van der Waals surface area contributed by atoms with Gasteiger partial charge in [-0.05, 0) is 25.2 Å². The van der Waals surface area contributed by atoms with Gasteiger partial charge in [-0.1, -0.05) is 18.2 Å². The molecule has 5 nitrogen and oxygen atoms in total. The summed E-state index contributed by atoms with van der Waals surface area (Å²) in [7, 11) is 3.67. The Kier molecular flexibility index (Phi) is 4.21. The first-order valence-electron chi connectivity index (χ1n) is 6.15. The van der Waals surface area contributed by atoms with Crippen molar-refractivity contribution in [3.8, 4) is 5.75 Å². The number of aromatic nitrogens is 3. The van der Waals surface area contributed by atoms with Crippen LogP contribution >= 0.6 is 12.2 Å². The first-order chi connectivity index (χ1) is 9.17. The first-order valence-corrected chi connectivity index (χ1v) is 6.56. The van der Waals surface area contributed by atoms with Crippen molar-refractivity contribution >= 4 is 18.2 Å². The summed E-state index contributed by atoms with van der Waals surface area (Å²) in [5.41, 5.74) is 1.11. The Balaban J connectivity index is 2.25. The van der Waals surface area contributed by atoms with Gasteiger partial charge < -0.3 is 9.64 Å². The van der Waals surface area contributed by atoms with E-state index < -0.39 is 0 Å². The predicted molar refractivity (Wildman–Crippen MR) is 78.2 cm³/mol. The van der Waals surface area contributed by atoms with E-state index in [9.17, 15) is 0 Å². The number of ether oxygens (including phenoxy) is 1. The quantitative estimate of drug-likeness (QED) is 0.854. The summed E-state index contributed by atoms with van der Waals surface area (Å²) in [4.78, 5) is 2.05. The highest BCUT2D eigenvalue weighted by Gasteiger charge is 2.12. The Bertz CT molecular complexity index is 605. The van der Waals surface area contributed by atoms with Crippen LogP contribution in [0.5, 0.6) is 5.75 Å².